The van der Waals surface area contributed by atoms with Crippen LogP contribution in [0.3, 0.4) is 0 Å². The van der Waals surface area contributed by atoms with Gasteiger partial charge in [-0.05, 0) is 49.9 Å². The van der Waals surface area contributed by atoms with Gasteiger partial charge in [0.15, 0.2) is 0 Å². The normalized spacial score (nSPS) is 15.3. The lowest BCUT2D eigenvalue weighted by Crippen LogP contribution is -2.45. The Balaban J connectivity index is 2.21. The Kier molecular flexibility index (Phi) is 4.68. The van der Waals surface area contributed by atoms with Gasteiger partial charge in [0.05, 0.1) is 0 Å². The molecule has 1 aromatic rings. The molecule has 0 radical (unpaired) electrons. The lowest BCUT2D eigenvalue weighted by atomic mass is 9.91. The van der Waals surface area contributed by atoms with Crippen LogP contribution in [0.2, 0.25) is 0 Å². The molecule has 2 nitrogen and oxygen atoms in total. The first-order chi connectivity index (χ1) is 8.61. The van der Waals surface area contributed by atoms with Crippen molar-refractivity contribution in [1.29, 1.82) is 0 Å². The minimum Gasteiger partial charge on any atom is -0.334 e. The second-order valence-electron chi connectivity index (χ2n) is 4.79. The fraction of sp³-hybridized carbons (Fsp3) is 0.500. The maximum absolute atomic E-state index is 12.5. The van der Waals surface area contributed by atoms with Gasteiger partial charge in [-0.15, -0.1) is 11.6 Å². The van der Waals surface area contributed by atoms with Crippen LogP contribution in [0.25, 0.3) is 0 Å². The number of alkyl halides is 1. The van der Waals surface area contributed by atoms with Gasteiger partial charge >= 0.3 is 0 Å². The average molecular weight is 331 g/mol. The summed E-state index contributed by atoms with van der Waals surface area (Å²) in [6.45, 7) is 2.63. The largest absolute Gasteiger partial charge is 0.334 e. The summed E-state index contributed by atoms with van der Waals surface area (Å²) >= 11 is 9.25. The van der Waals surface area contributed by atoms with Gasteiger partial charge in [0.25, 0.3) is 5.91 Å². The van der Waals surface area contributed by atoms with Crippen LogP contribution in [0.1, 0.15) is 35.2 Å². The van der Waals surface area contributed by atoms with Crippen molar-refractivity contribution in [3.63, 3.8) is 0 Å². The number of carbonyl (C=O) groups is 1. The van der Waals surface area contributed by atoms with E-state index >= 15 is 0 Å². The highest BCUT2D eigenvalue weighted by molar-refractivity contribution is 9.10. The van der Waals surface area contributed by atoms with Crippen LogP contribution >= 0.6 is 27.5 Å². The van der Waals surface area contributed by atoms with Gasteiger partial charge in [-0.2, -0.15) is 0 Å². The SMILES string of the molecule is Cc1cc(Br)cc(C(=O)N(CCCl)C2CCC2)c1. The van der Waals surface area contributed by atoms with E-state index < -0.39 is 0 Å². The Morgan fingerprint density at radius 3 is 2.67 bits per heavy atom. The molecule has 18 heavy (non-hydrogen) atoms. The smallest absolute Gasteiger partial charge is 0.254 e. The van der Waals surface area contributed by atoms with Gasteiger partial charge in [0, 0.05) is 28.5 Å². The molecule has 0 spiro atoms. The lowest BCUT2D eigenvalue weighted by molar-refractivity contribution is 0.0598. The maximum atomic E-state index is 12.5. The second kappa shape index (κ2) is 6.07. The maximum Gasteiger partial charge on any atom is 0.254 e. The summed E-state index contributed by atoms with van der Waals surface area (Å²) in [6.07, 6.45) is 3.43. The Labute approximate surface area is 121 Å². The topological polar surface area (TPSA) is 20.3 Å². The van der Waals surface area contributed by atoms with Gasteiger partial charge < -0.3 is 4.90 Å². The Morgan fingerprint density at radius 1 is 1.44 bits per heavy atom. The van der Waals surface area contributed by atoms with Gasteiger partial charge in [-0.1, -0.05) is 15.9 Å². The molecule has 98 valence electrons. The molecule has 4 heteroatoms. The van der Waals surface area contributed by atoms with Crippen molar-refractivity contribution in [2.24, 2.45) is 0 Å². The number of rotatable bonds is 4. The third-order valence-corrected chi connectivity index (χ3v) is 4.02. The highest BCUT2D eigenvalue weighted by Crippen LogP contribution is 2.27. The van der Waals surface area contributed by atoms with E-state index in [1.165, 1.54) is 6.42 Å². The van der Waals surface area contributed by atoms with Crippen LogP contribution in [0.4, 0.5) is 0 Å². The van der Waals surface area contributed by atoms with Crippen LogP contribution < -0.4 is 0 Å². The number of benzene rings is 1. The highest BCUT2D eigenvalue weighted by atomic mass is 79.9. The van der Waals surface area contributed by atoms with E-state index in [0.717, 1.165) is 28.4 Å². The van der Waals surface area contributed by atoms with E-state index in [1.54, 1.807) is 0 Å². The van der Waals surface area contributed by atoms with Crippen molar-refractivity contribution < 1.29 is 4.79 Å². The first-order valence-electron chi connectivity index (χ1n) is 6.26. The van der Waals surface area contributed by atoms with E-state index in [-0.39, 0.29) is 5.91 Å². The molecular weight excluding hydrogens is 314 g/mol. The summed E-state index contributed by atoms with van der Waals surface area (Å²) in [5, 5.41) is 0. The number of halogens is 2. The molecule has 2 rings (SSSR count). The predicted octanol–water partition coefficient (Wildman–Crippen LogP) is 3.99. The summed E-state index contributed by atoms with van der Waals surface area (Å²) in [5.74, 6) is 0.597. The molecular formula is C14H17BrClNO. The molecule has 0 unspecified atom stereocenters. The van der Waals surface area contributed by atoms with Crippen molar-refractivity contribution in [3.05, 3.63) is 33.8 Å². The first kappa shape index (κ1) is 13.9. The summed E-state index contributed by atoms with van der Waals surface area (Å²) in [5.41, 5.74) is 1.84. The van der Waals surface area contributed by atoms with Crippen LogP contribution in [-0.4, -0.2) is 29.3 Å². The summed E-state index contributed by atoms with van der Waals surface area (Å²) in [6, 6.07) is 6.21. The van der Waals surface area contributed by atoms with E-state index in [1.807, 2.05) is 30.0 Å². The molecule has 1 aromatic carbocycles. The Morgan fingerprint density at radius 2 is 2.17 bits per heavy atom. The van der Waals surface area contributed by atoms with Crippen LogP contribution in [0.5, 0.6) is 0 Å². The van der Waals surface area contributed by atoms with Crippen molar-refractivity contribution in [2.45, 2.75) is 32.2 Å². The highest BCUT2D eigenvalue weighted by Gasteiger charge is 2.29. The van der Waals surface area contributed by atoms with Gasteiger partial charge in [0.2, 0.25) is 0 Å². The summed E-state index contributed by atoms with van der Waals surface area (Å²) in [7, 11) is 0. The van der Waals surface area contributed by atoms with E-state index in [4.69, 9.17) is 11.6 Å². The first-order valence-corrected chi connectivity index (χ1v) is 7.58. The minimum absolute atomic E-state index is 0.102. The van der Waals surface area contributed by atoms with Gasteiger partial charge in [-0.3, -0.25) is 4.79 Å². The van der Waals surface area contributed by atoms with E-state index in [9.17, 15) is 4.79 Å². The quantitative estimate of drug-likeness (QED) is 0.764. The minimum atomic E-state index is 0.102. The van der Waals surface area contributed by atoms with Crippen molar-refractivity contribution >= 4 is 33.4 Å². The number of hydrogen-bond acceptors (Lipinski definition) is 1. The zero-order valence-corrected chi connectivity index (χ0v) is 12.8. The zero-order chi connectivity index (χ0) is 13.1. The molecule has 0 N–H and O–H groups in total. The van der Waals surface area contributed by atoms with Crippen molar-refractivity contribution in [2.75, 3.05) is 12.4 Å². The molecule has 0 aromatic heterocycles. The number of nitrogens with zero attached hydrogens (tertiary/aromatic N) is 1. The molecule has 0 saturated heterocycles. The summed E-state index contributed by atoms with van der Waals surface area (Å²) < 4.78 is 0.949. The van der Waals surface area contributed by atoms with Crippen LogP contribution in [0.15, 0.2) is 22.7 Å². The third-order valence-electron chi connectivity index (χ3n) is 3.39. The average Bonchev–Trinajstić information content (AvgIpc) is 2.23. The zero-order valence-electron chi connectivity index (χ0n) is 10.5. The van der Waals surface area contributed by atoms with E-state index in [0.29, 0.717) is 18.5 Å². The van der Waals surface area contributed by atoms with Gasteiger partial charge in [-0.25, -0.2) is 0 Å². The standard InChI is InChI=1S/C14H17BrClNO/c1-10-7-11(9-12(15)8-10)14(18)17(6-5-16)13-3-2-4-13/h7-9,13H,2-6H2,1H3. The predicted molar refractivity (Wildman–Crippen MR) is 78.3 cm³/mol. The van der Waals surface area contributed by atoms with Crippen LogP contribution in [-0.2, 0) is 0 Å². The molecule has 1 saturated carbocycles. The molecule has 0 aliphatic heterocycles. The lowest BCUT2D eigenvalue weighted by Gasteiger charge is -2.37. The molecule has 0 atom stereocenters. The second-order valence-corrected chi connectivity index (χ2v) is 6.08. The molecule has 0 bridgehead atoms. The van der Waals surface area contributed by atoms with Crippen LogP contribution in [0, 0.1) is 6.92 Å². The molecule has 0 heterocycles. The molecule has 1 aliphatic carbocycles. The van der Waals surface area contributed by atoms with Gasteiger partial charge in [0.1, 0.15) is 0 Å². The third kappa shape index (κ3) is 3.07. The fourth-order valence-electron chi connectivity index (χ4n) is 2.26. The fourth-order valence-corrected chi connectivity index (χ4v) is 3.05. The Hall–Kier alpha value is -0.540. The monoisotopic (exact) mass is 329 g/mol. The number of aryl methyl sites for hydroxylation is 1. The van der Waals surface area contributed by atoms with E-state index in [2.05, 4.69) is 15.9 Å². The number of amides is 1. The number of hydrogen-bond donors (Lipinski definition) is 0. The number of carbonyl (C=O) groups excluding carboxylic acids is 1. The van der Waals surface area contributed by atoms with Crippen molar-refractivity contribution in [1.82, 2.24) is 4.90 Å². The molecule has 1 amide bonds. The molecule has 1 fully saturated rings. The van der Waals surface area contributed by atoms with Crippen molar-refractivity contribution in [3.8, 4) is 0 Å². The molecule has 1 aliphatic rings. The summed E-state index contributed by atoms with van der Waals surface area (Å²) in [4.78, 5) is 14.4. The Bertz CT molecular complexity index is 425.